The first-order valence-corrected chi connectivity index (χ1v) is 11.7. The van der Waals surface area contributed by atoms with Gasteiger partial charge in [0.05, 0.1) is 39.6 Å². The van der Waals surface area contributed by atoms with Gasteiger partial charge in [0, 0.05) is 39.5 Å². The van der Waals surface area contributed by atoms with E-state index in [1.54, 1.807) is 14.1 Å². The predicted octanol–water partition coefficient (Wildman–Crippen LogP) is -1.19. The van der Waals surface area contributed by atoms with Gasteiger partial charge in [-0.1, -0.05) is 13.8 Å². The number of rotatable bonds is 23. The molecule has 0 fully saturated rings. The van der Waals surface area contributed by atoms with Gasteiger partial charge in [-0.05, 0) is 6.42 Å². The van der Waals surface area contributed by atoms with Crippen LogP contribution in [-0.4, -0.2) is 120 Å². The molecule has 0 saturated carbocycles. The van der Waals surface area contributed by atoms with Crippen LogP contribution in [0.25, 0.3) is 0 Å². The molecule has 0 heterocycles. The van der Waals surface area contributed by atoms with Crippen LogP contribution in [-0.2, 0) is 38.1 Å². The minimum Gasteiger partial charge on any atom is -0.480 e. The summed E-state index contributed by atoms with van der Waals surface area (Å²) in [6, 6.07) is -0.832. The second-order valence-electron chi connectivity index (χ2n) is 8.10. The van der Waals surface area contributed by atoms with Crippen LogP contribution in [0, 0.1) is 5.92 Å². The molecule has 0 saturated heterocycles. The summed E-state index contributed by atoms with van der Waals surface area (Å²) in [5.41, 5.74) is 2.73. The average molecular weight is 507 g/mol. The van der Waals surface area contributed by atoms with Gasteiger partial charge in [0.2, 0.25) is 11.8 Å². The molecule has 0 radical (unpaired) electrons. The molecule has 204 valence electrons. The fourth-order valence-corrected chi connectivity index (χ4v) is 2.44. The molecular weight excluding hydrogens is 464 g/mol. The number of Topliss-reactive ketones (excluding diaryl/α,β-unsaturated/α-hetero) is 1. The lowest BCUT2D eigenvalue weighted by molar-refractivity contribution is -0.141. The molecule has 0 unspecified atom stereocenters. The van der Waals surface area contributed by atoms with E-state index >= 15 is 0 Å². The maximum Gasteiger partial charge on any atom is 0.322 e. The Morgan fingerprint density at radius 3 is 1.80 bits per heavy atom. The zero-order chi connectivity index (χ0) is 26.5. The number of hydrazine groups is 1. The first kappa shape index (κ1) is 32.8. The molecule has 4 N–H and O–H groups in total. The van der Waals surface area contributed by atoms with E-state index in [0.29, 0.717) is 26.4 Å². The Bertz CT molecular complexity index is 618. The van der Waals surface area contributed by atoms with Crippen LogP contribution in [0.15, 0.2) is 0 Å². The van der Waals surface area contributed by atoms with E-state index in [0.717, 1.165) is 0 Å². The monoisotopic (exact) mass is 506 g/mol. The van der Waals surface area contributed by atoms with Crippen molar-refractivity contribution >= 4 is 23.6 Å². The molecule has 0 aromatic carbocycles. The van der Waals surface area contributed by atoms with Crippen LogP contribution in [0.4, 0.5) is 0 Å². The van der Waals surface area contributed by atoms with E-state index in [4.69, 9.17) is 24.1 Å². The number of carboxylic acid groups (broad SMARTS) is 1. The minimum absolute atomic E-state index is 0.0458. The van der Waals surface area contributed by atoms with Crippen molar-refractivity contribution in [1.29, 1.82) is 0 Å². The van der Waals surface area contributed by atoms with E-state index < -0.39 is 12.0 Å². The summed E-state index contributed by atoms with van der Waals surface area (Å²) >= 11 is 0. The minimum atomic E-state index is -1.02. The maximum atomic E-state index is 11.8. The molecule has 0 aliphatic heterocycles. The van der Waals surface area contributed by atoms with Gasteiger partial charge in [0.25, 0.3) is 0 Å². The quantitative estimate of drug-likeness (QED) is 0.0972. The predicted molar refractivity (Wildman–Crippen MR) is 127 cm³/mol. The third-order valence-electron chi connectivity index (χ3n) is 4.37. The highest BCUT2D eigenvalue weighted by Gasteiger charge is 2.18. The summed E-state index contributed by atoms with van der Waals surface area (Å²) in [7, 11) is 3.36. The summed E-state index contributed by atoms with van der Waals surface area (Å²) in [5.74, 6) is -1.55. The molecule has 0 aliphatic rings. The van der Waals surface area contributed by atoms with Crippen molar-refractivity contribution in [3.05, 3.63) is 0 Å². The summed E-state index contributed by atoms with van der Waals surface area (Å²) in [5, 5.41) is 15.9. The van der Waals surface area contributed by atoms with Gasteiger partial charge in [0.1, 0.15) is 19.3 Å². The van der Waals surface area contributed by atoms with Crippen molar-refractivity contribution in [2.24, 2.45) is 5.92 Å². The number of aliphatic carboxylic acids is 1. The third-order valence-corrected chi connectivity index (χ3v) is 4.37. The average Bonchev–Trinajstić information content (AvgIpc) is 2.79. The number of nitrogens with one attached hydrogen (secondary N) is 3. The van der Waals surface area contributed by atoms with Gasteiger partial charge in [-0.3, -0.25) is 19.2 Å². The number of ketones is 1. The molecule has 1 atom stereocenters. The van der Waals surface area contributed by atoms with Gasteiger partial charge in [-0.25, -0.2) is 10.4 Å². The number of carbonyl (C=O) groups excluding carboxylic acids is 3. The van der Waals surface area contributed by atoms with Crippen LogP contribution in [0.2, 0.25) is 0 Å². The summed E-state index contributed by atoms with van der Waals surface area (Å²) in [6.07, 6.45) is 0.241. The normalized spacial score (nSPS) is 12.1. The topological polar surface area (TPSA) is 165 Å². The highest BCUT2D eigenvalue weighted by molar-refractivity contribution is 5.81. The molecule has 0 spiro atoms. The van der Waals surface area contributed by atoms with Gasteiger partial charge >= 0.3 is 5.97 Å². The second kappa shape index (κ2) is 21.1. The van der Waals surface area contributed by atoms with Crippen LogP contribution < -0.4 is 16.1 Å². The van der Waals surface area contributed by atoms with E-state index in [-0.39, 0.29) is 75.9 Å². The molecule has 0 rings (SSSR count). The number of nitrogens with zero attached hydrogens (tertiary/aromatic N) is 1. The van der Waals surface area contributed by atoms with Gasteiger partial charge in [-0.15, -0.1) is 0 Å². The summed E-state index contributed by atoms with van der Waals surface area (Å²) in [6.45, 7) is 5.98. The number of amides is 2. The molecule has 13 heteroatoms. The number of hydrogen-bond donors (Lipinski definition) is 4. The zero-order valence-corrected chi connectivity index (χ0v) is 21.3. The molecule has 35 heavy (non-hydrogen) atoms. The second-order valence-corrected chi connectivity index (χ2v) is 8.10. The molecular formula is C22H42N4O9. The van der Waals surface area contributed by atoms with Crippen LogP contribution in [0.3, 0.4) is 0 Å². The van der Waals surface area contributed by atoms with E-state index in [2.05, 4.69) is 16.1 Å². The van der Waals surface area contributed by atoms with Crippen LogP contribution in [0.5, 0.6) is 0 Å². The lowest BCUT2D eigenvalue weighted by atomic mass is 10.1. The Balaban J connectivity index is 3.51. The van der Waals surface area contributed by atoms with Crippen molar-refractivity contribution in [2.75, 3.05) is 80.0 Å². The van der Waals surface area contributed by atoms with E-state index in [1.165, 1.54) is 5.01 Å². The number of hydrogen-bond acceptors (Lipinski definition) is 10. The fraction of sp³-hybridized carbons (Fsp3) is 0.818. The van der Waals surface area contributed by atoms with Crippen LogP contribution >= 0.6 is 0 Å². The van der Waals surface area contributed by atoms with Gasteiger partial charge < -0.3 is 34.7 Å². The Labute approximate surface area is 207 Å². The fourth-order valence-electron chi connectivity index (χ4n) is 2.44. The number of carboxylic acids is 1. The largest absolute Gasteiger partial charge is 0.480 e. The zero-order valence-electron chi connectivity index (χ0n) is 21.3. The smallest absolute Gasteiger partial charge is 0.322 e. The standard InChI is InChI=1S/C22H42N4O9/c1-17(2)19(27)15-34-13-11-33-10-8-24-21(29)16-35-14-12-32-9-7-23-20(28)6-5-18(22(30)31)25-26(3)4/h17-18,25H,5-16H2,1-4H3,(H,23,28)(H,24,29)(H,30,31)/t18-/m1/s1. The van der Waals surface area contributed by atoms with Crippen molar-refractivity contribution in [3.8, 4) is 0 Å². The third kappa shape index (κ3) is 20.9. The van der Waals surface area contributed by atoms with Crippen molar-refractivity contribution in [3.63, 3.8) is 0 Å². The molecule has 13 nitrogen and oxygen atoms in total. The molecule has 0 bridgehead atoms. The first-order chi connectivity index (χ1) is 16.6. The molecule has 0 aromatic heterocycles. The first-order valence-electron chi connectivity index (χ1n) is 11.7. The highest BCUT2D eigenvalue weighted by Crippen LogP contribution is 1.98. The Morgan fingerprint density at radius 2 is 1.29 bits per heavy atom. The lowest BCUT2D eigenvalue weighted by Gasteiger charge is -2.19. The van der Waals surface area contributed by atoms with E-state index in [1.807, 2.05) is 13.8 Å². The Kier molecular flexibility index (Phi) is 19.8. The van der Waals surface area contributed by atoms with Crippen molar-refractivity contribution in [1.82, 2.24) is 21.1 Å². The van der Waals surface area contributed by atoms with Crippen LogP contribution in [0.1, 0.15) is 26.7 Å². The highest BCUT2D eigenvalue weighted by atomic mass is 16.5. The summed E-state index contributed by atoms with van der Waals surface area (Å²) in [4.78, 5) is 45.9. The lowest BCUT2D eigenvalue weighted by Crippen LogP contribution is -2.45. The van der Waals surface area contributed by atoms with Gasteiger partial charge in [0.15, 0.2) is 5.78 Å². The molecule has 2 amide bonds. The number of carbonyl (C=O) groups is 4. The molecule has 0 aromatic rings. The summed E-state index contributed by atoms with van der Waals surface area (Å²) < 4.78 is 21.0. The van der Waals surface area contributed by atoms with E-state index in [9.17, 15) is 19.2 Å². The maximum absolute atomic E-state index is 11.8. The molecule has 0 aliphatic carbocycles. The van der Waals surface area contributed by atoms with Crippen molar-refractivity contribution in [2.45, 2.75) is 32.7 Å². The SMILES string of the molecule is CC(C)C(=O)COCCOCCNC(=O)COCCOCCNC(=O)CC[C@@H](NN(C)C)C(=O)O. The number of ether oxygens (including phenoxy) is 4. The Hall–Kier alpha value is -2.16. The Morgan fingerprint density at radius 1 is 0.771 bits per heavy atom. The van der Waals surface area contributed by atoms with Gasteiger partial charge in [-0.2, -0.15) is 0 Å². The van der Waals surface area contributed by atoms with Crippen molar-refractivity contribution < 1.29 is 43.2 Å².